The van der Waals surface area contributed by atoms with Crippen LogP contribution < -0.4 is 4.74 Å². The Morgan fingerprint density at radius 3 is 2.45 bits per heavy atom. The maximum absolute atomic E-state index is 10.2. The van der Waals surface area contributed by atoms with Crippen molar-refractivity contribution in [3.05, 3.63) is 23.8 Å². The molecule has 4 nitrogen and oxygen atoms in total. The molecule has 1 atom stereocenters. The van der Waals surface area contributed by atoms with Gasteiger partial charge in [0.05, 0.1) is 13.2 Å². The van der Waals surface area contributed by atoms with E-state index in [9.17, 15) is 10.2 Å². The molecule has 0 aliphatic heterocycles. The molecular formula is C16H27NO3. The van der Waals surface area contributed by atoms with Crippen molar-refractivity contribution in [2.24, 2.45) is 5.41 Å². The molecule has 4 heteroatoms. The van der Waals surface area contributed by atoms with Crippen LogP contribution in [-0.4, -0.2) is 41.4 Å². The first-order valence-corrected chi connectivity index (χ1v) is 7.06. The van der Waals surface area contributed by atoms with Crippen molar-refractivity contribution in [3.8, 4) is 11.5 Å². The van der Waals surface area contributed by atoms with Crippen LogP contribution >= 0.6 is 0 Å². The molecule has 0 spiro atoms. The van der Waals surface area contributed by atoms with Crippen LogP contribution in [0.25, 0.3) is 0 Å². The van der Waals surface area contributed by atoms with E-state index >= 15 is 0 Å². The average Bonchev–Trinajstić information content (AvgIpc) is 2.33. The van der Waals surface area contributed by atoms with E-state index in [1.807, 2.05) is 26.1 Å². The fraction of sp³-hybridized carbons (Fsp3) is 0.625. The van der Waals surface area contributed by atoms with E-state index < -0.39 is 0 Å². The van der Waals surface area contributed by atoms with Gasteiger partial charge in [-0.25, -0.2) is 0 Å². The molecule has 114 valence electrons. The highest BCUT2D eigenvalue weighted by atomic mass is 16.5. The standard InChI is InChI=1S/C16H27NO3/c1-6-20-13-9-7-8-12(15(13)19)10-17(5)14(11-18)16(2,3)4/h7-9,14,18-19H,6,10-11H2,1-5H3. The number of nitrogens with zero attached hydrogens (tertiary/aromatic N) is 1. The molecule has 1 unspecified atom stereocenters. The molecule has 0 amide bonds. The van der Waals surface area contributed by atoms with Gasteiger partial charge in [-0.15, -0.1) is 0 Å². The molecule has 0 aliphatic carbocycles. The summed E-state index contributed by atoms with van der Waals surface area (Å²) in [5.74, 6) is 0.696. The Labute approximate surface area is 122 Å². The maximum atomic E-state index is 10.2. The molecule has 0 aromatic heterocycles. The van der Waals surface area contributed by atoms with Crippen LogP contribution in [0.5, 0.6) is 11.5 Å². The van der Waals surface area contributed by atoms with Gasteiger partial charge in [0.15, 0.2) is 11.5 Å². The van der Waals surface area contributed by atoms with Crippen molar-refractivity contribution in [2.75, 3.05) is 20.3 Å². The highest BCUT2D eigenvalue weighted by molar-refractivity contribution is 5.45. The number of rotatable bonds is 6. The monoisotopic (exact) mass is 281 g/mol. The summed E-state index contributed by atoms with van der Waals surface area (Å²) in [6, 6.07) is 5.54. The van der Waals surface area contributed by atoms with Crippen molar-refractivity contribution < 1.29 is 14.9 Å². The van der Waals surface area contributed by atoms with Crippen LogP contribution in [0.15, 0.2) is 18.2 Å². The van der Waals surface area contributed by atoms with Gasteiger partial charge in [0.2, 0.25) is 0 Å². The Kier molecular flexibility index (Phi) is 5.84. The average molecular weight is 281 g/mol. The van der Waals surface area contributed by atoms with Crippen LogP contribution in [0.4, 0.5) is 0 Å². The fourth-order valence-corrected chi connectivity index (χ4v) is 2.42. The third-order valence-electron chi connectivity index (χ3n) is 3.51. The van der Waals surface area contributed by atoms with E-state index in [1.165, 1.54) is 0 Å². The minimum absolute atomic E-state index is 0.0256. The molecule has 0 bridgehead atoms. The Hall–Kier alpha value is -1.26. The quantitative estimate of drug-likeness (QED) is 0.841. The van der Waals surface area contributed by atoms with E-state index in [-0.39, 0.29) is 23.8 Å². The second kappa shape index (κ2) is 6.95. The normalized spacial score (nSPS) is 13.6. The van der Waals surface area contributed by atoms with Crippen molar-refractivity contribution in [2.45, 2.75) is 40.3 Å². The van der Waals surface area contributed by atoms with Gasteiger partial charge >= 0.3 is 0 Å². The topological polar surface area (TPSA) is 52.9 Å². The van der Waals surface area contributed by atoms with E-state index in [1.54, 1.807) is 6.07 Å². The van der Waals surface area contributed by atoms with E-state index in [2.05, 4.69) is 25.7 Å². The van der Waals surface area contributed by atoms with E-state index in [0.29, 0.717) is 18.9 Å². The highest BCUT2D eigenvalue weighted by Crippen LogP contribution is 2.32. The number of phenols is 1. The highest BCUT2D eigenvalue weighted by Gasteiger charge is 2.28. The number of ether oxygens (including phenoxy) is 1. The number of phenolic OH excluding ortho intramolecular Hbond substituents is 1. The first-order valence-electron chi connectivity index (χ1n) is 7.06. The summed E-state index contributed by atoms with van der Waals surface area (Å²) in [5.41, 5.74) is 0.776. The zero-order valence-corrected chi connectivity index (χ0v) is 13.2. The molecule has 0 saturated heterocycles. The van der Waals surface area contributed by atoms with Crippen molar-refractivity contribution in [1.82, 2.24) is 4.90 Å². The van der Waals surface area contributed by atoms with Gasteiger partial charge in [0, 0.05) is 18.2 Å². The maximum Gasteiger partial charge on any atom is 0.162 e. The first-order chi connectivity index (χ1) is 9.31. The van der Waals surface area contributed by atoms with E-state index in [4.69, 9.17) is 4.74 Å². The lowest BCUT2D eigenvalue weighted by molar-refractivity contribution is 0.0609. The van der Waals surface area contributed by atoms with Crippen LogP contribution in [0.3, 0.4) is 0 Å². The number of likely N-dealkylation sites (N-methyl/N-ethyl adjacent to an activating group) is 1. The van der Waals surface area contributed by atoms with Gasteiger partial charge in [-0.1, -0.05) is 32.9 Å². The third kappa shape index (κ3) is 4.12. The molecule has 0 aliphatic rings. The van der Waals surface area contributed by atoms with Gasteiger partial charge in [0.25, 0.3) is 0 Å². The predicted octanol–water partition coefficient (Wildman–Crippen LogP) is 2.63. The Bertz CT molecular complexity index is 426. The van der Waals surface area contributed by atoms with Gasteiger partial charge in [-0.3, -0.25) is 4.90 Å². The molecule has 0 heterocycles. The number of aromatic hydroxyl groups is 1. The Morgan fingerprint density at radius 1 is 1.30 bits per heavy atom. The van der Waals surface area contributed by atoms with Gasteiger partial charge in [0.1, 0.15) is 0 Å². The number of para-hydroxylation sites is 1. The van der Waals surface area contributed by atoms with Crippen LogP contribution in [0.2, 0.25) is 0 Å². The van der Waals surface area contributed by atoms with Gasteiger partial charge in [-0.05, 0) is 25.5 Å². The summed E-state index contributed by atoms with van der Waals surface area (Å²) in [5, 5.41) is 19.8. The lowest BCUT2D eigenvalue weighted by atomic mass is 9.86. The number of benzene rings is 1. The van der Waals surface area contributed by atoms with Crippen molar-refractivity contribution >= 4 is 0 Å². The lowest BCUT2D eigenvalue weighted by Crippen LogP contribution is -2.43. The lowest BCUT2D eigenvalue weighted by Gasteiger charge is -2.37. The van der Waals surface area contributed by atoms with Crippen LogP contribution in [-0.2, 0) is 6.54 Å². The second-order valence-electron chi connectivity index (χ2n) is 6.18. The Morgan fingerprint density at radius 2 is 1.95 bits per heavy atom. The summed E-state index contributed by atoms with van der Waals surface area (Å²) in [6.07, 6.45) is 0. The number of aliphatic hydroxyl groups excluding tert-OH is 1. The molecule has 0 saturated carbocycles. The number of hydrogen-bond donors (Lipinski definition) is 2. The summed E-state index contributed by atoms with van der Waals surface area (Å²) in [6.45, 7) is 9.36. The summed E-state index contributed by atoms with van der Waals surface area (Å²) in [4.78, 5) is 2.06. The minimum Gasteiger partial charge on any atom is -0.504 e. The second-order valence-corrected chi connectivity index (χ2v) is 6.18. The molecule has 1 aromatic rings. The van der Waals surface area contributed by atoms with Gasteiger partial charge in [-0.2, -0.15) is 0 Å². The molecular weight excluding hydrogens is 254 g/mol. The number of aliphatic hydroxyl groups is 1. The van der Waals surface area contributed by atoms with Crippen LogP contribution in [0, 0.1) is 5.41 Å². The fourth-order valence-electron chi connectivity index (χ4n) is 2.42. The largest absolute Gasteiger partial charge is 0.504 e. The minimum atomic E-state index is -0.0311. The summed E-state index contributed by atoms with van der Waals surface area (Å²) in [7, 11) is 1.96. The summed E-state index contributed by atoms with van der Waals surface area (Å²) < 4.78 is 5.40. The molecule has 0 radical (unpaired) electrons. The molecule has 1 rings (SSSR count). The molecule has 1 aromatic carbocycles. The van der Waals surface area contributed by atoms with Gasteiger partial charge < -0.3 is 14.9 Å². The third-order valence-corrected chi connectivity index (χ3v) is 3.51. The summed E-state index contributed by atoms with van der Waals surface area (Å²) >= 11 is 0. The first kappa shape index (κ1) is 16.8. The number of hydrogen-bond acceptors (Lipinski definition) is 4. The predicted molar refractivity (Wildman–Crippen MR) is 81.1 cm³/mol. The SMILES string of the molecule is CCOc1cccc(CN(C)C(CO)C(C)(C)C)c1O. The molecule has 0 fully saturated rings. The molecule has 2 N–H and O–H groups in total. The van der Waals surface area contributed by atoms with Crippen LogP contribution in [0.1, 0.15) is 33.3 Å². The Balaban J connectivity index is 2.90. The smallest absolute Gasteiger partial charge is 0.162 e. The zero-order valence-electron chi connectivity index (χ0n) is 13.2. The molecule has 20 heavy (non-hydrogen) atoms. The van der Waals surface area contributed by atoms with Crippen molar-refractivity contribution in [1.29, 1.82) is 0 Å². The van der Waals surface area contributed by atoms with Crippen molar-refractivity contribution in [3.63, 3.8) is 0 Å². The van der Waals surface area contributed by atoms with E-state index in [0.717, 1.165) is 5.56 Å². The zero-order chi connectivity index (χ0) is 15.3.